The van der Waals surface area contributed by atoms with Gasteiger partial charge in [0.1, 0.15) is 5.54 Å². The molecule has 1 aliphatic heterocycles. The highest BCUT2D eigenvalue weighted by molar-refractivity contribution is 7.14. The lowest BCUT2D eigenvalue weighted by Crippen LogP contribution is -2.58. The summed E-state index contributed by atoms with van der Waals surface area (Å²) >= 11 is 1.65. The Balaban J connectivity index is 1.44. The van der Waals surface area contributed by atoms with E-state index in [1.54, 1.807) is 23.5 Å². The van der Waals surface area contributed by atoms with Gasteiger partial charge < -0.3 is 20.9 Å². The van der Waals surface area contributed by atoms with Crippen LogP contribution in [0.5, 0.6) is 0 Å². The molecule has 2 amide bonds. The van der Waals surface area contributed by atoms with Crippen LogP contribution in [0.4, 0.5) is 5.13 Å². The van der Waals surface area contributed by atoms with Gasteiger partial charge in [0.2, 0.25) is 5.91 Å². The van der Waals surface area contributed by atoms with Crippen molar-refractivity contribution in [3.8, 4) is 11.3 Å². The van der Waals surface area contributed by atoms with Crippen molar-refractivity contribution in [3.63, 3.8) is 0 Å². The van der Waals surface area contributed by atoms with Crippen LogP contribution in [-0.2, 0) is 4.79 Å². The summed E-state index contributed by atoms with van der Waals surface area (Å²) in [5.41, 5.74) is 7.14. The van der Waals surface area contributed by atoms with Crippen molar-refractivity contribution in [2.75, 3.05) is 38.1 Å². The van der Waals surface area contributed by atoms with Gasteiger partial charge in [-0.05, 0) is 32.0 Å². The molecule has 7 nitrogen and oxygen atoms in total. The molecule has 30 heavy (non-hydrogen) atoms. The molecule has 1 saturated heterocycles. The molecule has 1 aliphatic carbocycles. The summed E-state index contributed by atoms with van der Waals surface area (Å²) in [6, 6.07) is 7.40. The molecular weight excluding hydrogens is 398 g/mol. The lowest BCUT2D eigenvalue weighted by molar-refractivity contribution is -0.125. The fourth-order valence-electron chi connectivity index (χ4n) is 4.21. The highest BCUT2D eigenvalue weighted by atomic mass is 32.1. The minimum atomic E-state index is -0.916. The number of piperazine rings is 1. The number of thiazole rings is 1. The number of amides is 2. The number of nitrogens with two attached hydrogens (primary N) is 1. The molecular formula is C22H29N5O2S. The number of carbonyl (C=O) groups is 2. The Bertz CT molecular complexity index is 897. The zero-order chi connectivity index (χ0) is 21.1. The second-order valence-electron chi connectivity index (χ2n) is 8.34. The van der Waals surface area contributed by atoms with Crippen molar-refractivity contribution in [1.29, 1.82) is 0 Å². The first-order valence-electron chi connectivity index (χ1n) is 10.6. The Labute approximate surface area is 181 Å². The summed E-state index contributed by atoms with van der Waals surface area (Å²) in [6.45, 7) is 4.07. The summed E-state index contributed by atoms with van der Waals surface area (Å²) in [5, 5.41) is 6.02. The van der Waals surface area contributed by atoms with E-state index in [0.717, 1.165) is 61.8 Å². The predicted octanol–water partition coefficient (Wildman–Crippen LogP) is 2.48. The third kappa shape index (κ3) is 4.34. The summed E-state index contributed by atoms with van der Waals surface area (Å²) in [7, 11) is 2.14. The molecule has 3 N–H and O–H groups in total. The number of nitrogens with zero attached hydrogens (tertiary/aromatic N) is 3. The molecule has 0 unspecified atom stereocenters. The van der Waals surface area contributed by atoms with Crippen LogP contribution in [-0.4, -0.2) is 60.5 Å². The third-order valence-corrected chi connectivity index (χ3v) is 7.14. The number of benzene rings is 1. The molecule has 0 atom stereocenters. The van der Waals surface area contributed by atoms with Gasteiger partial charge in [0.05, 0.1) is 5.69 Å². The van der Waals surface area contributed by atoms with E-state index in [9.17, 15) is 9.59 Å². The highest BCUT2D eigenvalue weighted by Crippen LogP contribution is 2.30. The van der Waals surface area contributed by atoms with E-state index in [4.69, 9.17) is 10.7 Å². The normalized spacial score (nSPS) is 19.4. The number of nitrogens with one attached hydrogen (secondary N) is 1. The Kier molecular flexibility index (Phi) is 6.06. The summed E-state index contributed by atoms with van der Waals surface area (Å²) in [5.74, 6) is -0.690. The molecule has 1 aromatic carbocycles. The van der Waals surface area contributed by atoms with Gasteiger partial charge in [-0.3, -0.25) is 9.59 Å². The van der Waals surface area contributed by atoms with Crippen LogP contribution in [0.15, 0.2) is 29.6 Å². The van der Waals surface area contributed by atoms with Gasteiger partial charge in [-0.15, -0.1) is 11.3 Å². The van der Waals surface area contributed by atoms with Crippen molar-refractivity contribution < 1.29 is 9.59 Å². The molecule has 0 radical (unpaired) electrons. The maximum Gasteiger partial charge on any atom is 0.252 e. The number of hydrogen-bond donors (Lipinski definition) is 2. The Morgan fingerprint density at radius 3 is 2.37 bits per heavy atom. The number of primary amides is 1. The van der Waals surface area contributed by atoms with Crippen molar-refractivity contribution in [1.82, 2.24) is 15.2 Å². The van der Waals surface area contributed by atoms with Crippen LogP contribution in [0.3, 0.4) is 0 Å². The fraction of sp³-hybridized carbons (Fsp3) is 0.500. The average molecular weight is 428 g/mol. The van der Waals surface area contributed by atoms with Gasteiger partial charge in [-0.1, -0.05) is 31.4 Å². The molecule has 1 saturated carbocycles. The molecule has 0 spiro atoms. The van der Waals surface area contributed by atoms with Crippen LogP contribution in [0.25, 0.3) is 11.3 Å². The van der Waals surface area contributed by atoms with E-state index in [-0.39, 0.29) is 5.91 Å². The van der Waals surface area contributed by atoms with Crippen molar-refractivity contribution in [2.24, 2.45) is 5.73 Å². The Morgan fingerprint density at radius 2 is 1.73 bits per heavy atom. The lowest BCUT2D eigenvalue weighted by atomic mass is 9.81. The summed E-state index contributed by atoms with van der Waals surface area (Å²) in [6.07, 6.45) is 4.10. The van der Waals surface area contributed by atoms with Gasteiger partial charge >= 0.3 is 0 Å². The minimum absolute atomic E-state index is 0.251. The van der Waals surface area contributed by atoms with Crippen LogP contribution in [0.1, 0.15) is 42.5 Å². The summed E-state index contributed by atoms with van der Waals surface area (Å²) in [4.78, 5) is 34.2. The highest BCUT2D eigenvalue weighted by Gasteiger charge is 2.39. The van der Waals surface area contributed by atoms with E-state index in [2.05, 4.69) is 27.5 Å². The largest absolute Gasteiger partial charge is 0.368 e. The molecule has 160 valence electrons. The van der Waals surface area contributed by atoms with Crippen molar-refractivity contribution in [3.05, 3.63) is 35.2 Å². The zero-order valence-electron chi connectivity index (χ0n) is 17.4. The SMILES string of the molecule is CN1CCN(c2nc(-c3ccc(C(=O)NC4(C(N)=O)CCCCC4)cc3)cs2)CC1. The molecule has 2 heterocycles. The molecule has 8 heteroatoms. The maximum absolute atomic E-state index is 12.8. The second-order valence-corrected chi connectivity index (χ2v) is 9.18. The van der Waals surface area contributed by atoms with E-state index >= 15 is 0 Å². The predicted molar refractivity (Wildman–Crippen MR) is 120 cm³/mol. The van der Waals surface area contributed by atoms with Crippen LogP contribution in [0.2, 0.25) is 0 Å². The van der Waals surface area contributed by atoms with Crippen molar-refractivity contribution >= 4 is 28.3 Å². The Hall–Kier alpha value is -2.45. The standard InChI is InChI=1S/C22H29N5O2S/c1-26-11-13-27(14-12-26)21-24-18(15-30-21)16-5-7-17(8-6-16)19(28)25-22(20(23)29)9-3-2-4-10-22/h5-8,15H,2-4,9-14H2,1H3,(H2,23,29)(H,25,28). The average Bonchev–Trinajstić information content (AvgIpc) is 3.25. The van der Waals surface area contributed by atoms with Gasteiger partial charge in [0.25, 0.3) is 5.91 Å². The van der Waals surface area contributed by atoms with Gasteiger partial charge in [0, 0.05) is 42.7 Å². The van der Waals surface area contributed by atoms with Crippen LogP contribution < -0.4 is 16.0 Å². The maximum atomic E-state index is 12.8. The van der Waals surface area contributed by atoms with E-state index < -0.39 is 11.4 Å². The van der Waals surface area contributed by atoms with Crippen LogP contribution in [0, 0.1) is 0 Å². The lowest BCUT2D eigenvalue weighted by Gasteiger charge is -2.35. The monoisotopic (exact) mass is 427 g/mol. The number of anilines is 1. The molecule has 4 rings (SSSR count). The number of likely N-dealkylation sites (N-methyl/N-ethyl adjacent to an activating group) is 1. The first-order chi connectivity index (χ1) is 14.5. The topological polar surface area (TPSA) is 91.6 Å². The van der Waals surface area contributed by atoms with E-state index in [1.807, 2.05) is 12.1 Å². The first kappa shape index (κ1) is 20.8. The Morgan fingerprint density at radius 1 is 1.07 bits per heavy atom. The number of hydrogen-bond acceptors (Lipinski definition) is 6. The third-order valence-electron chi connectivity index (χ3n) is 6.24. The summed E-state index contributed by atoms with van der Waals surface area (Å²) < 4.78 is 0. The van der Waals surface area contributed by atoms with E-state index in [0.29, 0.717) is 18.4 Å². The van der Waals surface area contributed by atoms with Crippen molar-refractivity contribution in [2.45, 2.75) is 37.6 Å². The van der Waals surface area contributed by atoms with Gasteiger partial charge in [-0.2, -0.15) is 0 Å². The smallest absolute Gasteiger partial charge is 0.252 e. The molecule has 2 aromatic rings. The minimum Gasteiger partial charge on any atom is -0.368 e. The molecule has 2 aliphatic rings. The fourth-order valence-corrected chi connectivity index (χ4v) is 5.10. The number of rotatable bonds is 5. The quantitative estimate of drug-likeness (QED) is 0.765. The first-order valence-corrected chi connectivity index (χ1v) is 11.5. The molecule has 1 aromatic heterocycles. The van der Waals surface area contributed by atoms with Crippen LogP contribution >= 0.6 is 11.3 Å². The molecule has 0 bridgehead atoms. The second kappa shape index (κ2) is 8.73. The molecule has 2 fully saturated rings. The number of carbonyl (C=O) groups excluding carboxylic acids is 2. The van der Waals surface area contributed by atoms with E-state index in [1.165, 1.54) is 0 Å². The zero-order valence-corrected chi connectivity index (χ0v) is 18.2. The van der Waals surface area contributed by atoms with Gasteiger partial charge in [-0.25, -0.2) is 4.98 Å². The van der Waals surface area contributed by atoms with Gasteiger partial charge in [0.15, 0.2) is 5.13 Å². The number of aromatic nitrogens is 1.